The van der Waals surface area contributed by atoms with E-state index in [0.29, 0.717) is 23.8 Å². The van der Waals surface area contributed by atoms with Gasteiger partial charge in [-0.25, -0.2) is 19.6 Å². The molecular formula is C22H23N9O. The van der Waals surface area contributed by atoms with Crippen LogP contribution in [-0.4, -0.2) is 40.6 Å². The summed E-state index contributed by atoms with van der Waals surface area (Å²) < 4.78 is 9.53. The second-order valence-electron chi connectivity index (χ2n) is 7.46. The third-order valence-corrected chi connectivity index (χ3v) is 5.07. The van der Waals surface area contributed by atoms with E-state index in [2.05, 4.69) is 36.5 Å². The van der Waals surface area contributed by atoms with Gasteiger partial charge in [-0.05, 0) is 38.5 Å². The Balaban J connectivity index is 1.53. The lowest BCUT2D eigenvalue weighted by Crippen LogP contribution is -2.20. The largest absolute Gasteiger partial charge is 0.487 e. The molecule has 3 heterocycles. The van der Waals surface area contributed by atoms with Gasteiger partial charge in [-0.2, -0.15) is 15.5 Å². The molecule has 4 rings (SSSR count). The fourth-order valence-corrected chi connectivity index (χ4v) is 3.34. The minimum absolute atomic E-state index is 0.201. The van der Waals surface area contributed by atoms with Gasteiger partial charge >= 0.3 is 0 Å². The molecule has 0 fully saturated rings. The summed E-state index contributed by atoms with van der Waals surface area (Å²) in [5.41, 5.74) is 4.91. The van der Waals surface area contributed by atoms with Crippen molar-refractivity contribution in [1.82, 2.24) is 34.5 Å². The first-order chi connectivity index (χ1) is 15.4. The summed E-state index contributed by atoms with van der Waals surface area (Å²) >= 11 is 0. The molecule has 0 amide bonds. The number of nitrogens with zero attached hydrogens (tertiary/aromatic N) is 8. The SMILES string of the molecule is Cc1nn(C)c(C)c1Nc1ncc(-c2ccc(C#N)c(O[C@@H](C)Cn3cncn3)c2)cn1. The molecule has 162 valence electrons. The molecule has 3 aromatic heterocycles. The molecule has 0 saturated carbocycles. The Kier molecular flexibility index (Phi) is 5.81. The van der Waals surface area contributed by atoms with Crippen molar-refractivity contribution in [3.8, 4) is 22.9 Å². The molecule has 1 N–H and O–H groups in total. The lowest BCUT2D eigenvalue weighted by molar-refractivity contribution is 0.193. The number of nitriles is 1. The predicted molar refractivity (Wildman–Crippen MR) is 118 cm³/mol. The molecule has 0 aliphatic carbocycles. The third-order valence-electron chi connectivity index (χ3n) is 5.07. The molecule has 32 heavy (non-hydrogen) atoms. The average Bonchev–Trinajstić information content (AvgIpc) is 3.37. The third kappa shape index (κ3) is 4.41. The molecule has 1 aromatic carbocycles. The first-order valence-electron chi connectivity index (χ1n) is 10.1. The molecule has 0 bridgehead atoms. The molecular weight excluding hydrogens is 406 g/mol. The normalized spacial score (nSPS) is 11.7. The predicted octanol–water partition coefficient (Wildman–Crippen LogP) is 3.17. The standard InChI is InChI=1S/C22H23N9O/c1-14(11-31-13-24-12-27-31)32-20-7-17(5-6-18(20)8-23)19-9-25-22(26-10-19)28-21-15(2)29-30(4)16(21)3/h5-7,9-10,12-14H,11H2,1-4H3,(H,25,26,28)/t14-/m0/s1. The van der Waals surface area contributed by atoms with E-state index in [1.54, 1.807) is 29.5 Å². The van der Waals surface area contributed by atoms with Gasteiger partial charge in [0, 0.05) is 25.0 Å². The fraction of sp³-hybridized carbons (Fsp3) is 0.273. The summed E-state index contributed by atoms with van der Waals surface area (Å²) in [6.07, 6.45) is 6.38. The maximum absolute atomic E-state index is 9.48. The number of aryl methyl sites for hydroxylation is 2. The molecule has 1 atom stereocenters. The molecule has 0 aliphatic rings. The zero-order chi connectivity index (χ0) is 22.7. The van der Waals surface area contributed by atoms with Crippen molar-refractivity contribution < 1.29 is 4.74 Å². The van der Waals surface area contributed by atoms with Gasteiger partial charge in [0.15, 0.2) is 0 Å². The van der Waals surface area contributed by atoms with Crippen molar-refractivity contribution in [3.05, 3.63) is 60.2 Å². The van der Waals surface area contributed by atoms with Gasteiger partial charge < -0.3 is 10.1 Å². The van der Waals surface area contributed by atoms with Gasteiger partial charge in [0.2, 0.25) is 5.95 Å². The van der Waals surface area contributed by atoms with Gasteiger partial charge in [-0.3, -0.25) is 4.68 Å². The highest BCUT2D eigenvalue weighted by Crippen LogP contribution is 2.28. The summed E-state index contributed by atoms with van der Waals surface area (Å²) in [7, 11) is 1.90. The number of rotatable bonds is 7. The van der Waals surface area contributed by atoms with E-state index in [1.807, 2.05) is 44.6 Å². The molecule has 10 heteroatoms. The van der Waals surface area contributed by atoms with Crippen LogP contribution in [-0.2, 0) is 13.6 Å². The summed E-state index contributed by atoms with van der Waals surface area (Å²) in [5.74, 6) is 0.987. The van der Waals surface area contributed by atoms with Crippen molar-refractivity contribution in [1.29, 1.82) is 5.26 Å². The highest BCUT2D eigenvalue weighted by atomic mass is 16.5. The van der Waals surface area contributed by atoms with E-state index < -0.39 is 0 Å². The molecule has 0 spiro atoms. The second kappa shape index (κ2) is 8.85. The van der Waals surface area contributed by atoms with Crippen LogP contribution < -0.4 is 10.1 Å². The molecule has 0 radical (unpaired) electrons. The molecule has 0 saturated heterocycles. The van der Waals surface area contributed by atoms with E-state index in [1.165, 1.54) is 6.33 Å². The average molecular weight is 429 g/mol. The molecule has 0 aliphatic heterocycles. The number of nitrogens with one attached hydrogen (secondary N) is 1. The number of ether oxygens (including phenoxy) is 1. The maximum atomic E-state index is 9.48. The molecule has 10 nitrogen and oxygen atoms in total. The second-order valence-corrected chi connectivity index (χ2v) is 7.46. The van der Waals surface area contributed by atoms with Gasteiger partial charge in [0.05, 0.1) is 29.2 Å². The monoisotopic (exact) mass is 429 g/mol. The van der Waals surface area contributed by atoms with E-state index in [9.17, 15) is 5.26 Å². The van der Waals surface area contributed by atoms with Crippen LogP contribution in [0.4, 0.5) is 11.6 Å². The van der Waals surface area contributed by atoms with Crippen molar-refractivity contribution in [2.24, 2.45) is 7.05 Å². The quantitative estimate of drug-likeness (QED) is 0.476. The van der Waals surface area contributed by atoms with Gasteiger partial charge in [0.1, 0.15) is 30.6 Å². The number of hydrogen-bond acceptors (Lipinski definition) is 8. The summed E-state index contributed by atoms with van der Waals surface area (Å²) in [4.78, 5) is 12.8. The van der Waals surface area contributed by atoms with Gasteiger partial charge in [-0.15, -0.1) is 0 Å². The molecule has 4 aromatic rings. The highest BCUT2D eigenvalue weighted by Gasteiger charge is 2.13. The first-order valence-corrected chi connectivity index (χ1v) is 10.1. The Bertz CT molecular complexity index is 1250. The van der Waals surface area contributed by atoms with Crippen LogP contribution in [0.25, 0.3) is 11.1 Å². The van der Waals surface area contributed by atoms with Crippen LogP contribution in [0.2, 0.25) is 0 Å². The van der Waals surface area contributed by atoms with Crippen LogP contribution in [0.5, 0.6) is 5.75 Å². The number of hydrogen-bond donors (Lipinski definition) is 1. The van der Waals surface area contributed by atoms with E-state index in [4.69, 9.17) is 4.74 Å². The lowest BCUT2D eigenvalue weighted by Gasteiger charge is -2.16. The minimum atomic E-state index is -0.201. The summed E-state index contributed by atoms with van der Waals surface area (Å²) in [5, 5.41) is 21.2. The highest BCUT2D eigenvalue weighted by molar-refractivity contribution is 5.67. The van der Waals surface area contributed by atoms with E-state index in [0.717, 1.165) is 28.2 Å². The number of anilines is 2. The Morgan fingerprint density at radius 1 is 1.19 bits per heavy atom. The van der Waals surface area contributed by atoms with Crippen molar-refractivity contribution in [3.63, 3.8) is 0 Å². The lowest BCUT2D eigenvalue weighted by atomic mass is 10.1. The smallest absolute Gasteiger partial charge is 0.227 e. The number of aromatic nitrogens is 7. The van der Waals surface area contributed by atoms with Crippen LogP contribution in [0.15, 0.2) is 43.2 Å². The summed E-state index contributed by atoms with van der Waals surface area (Å²) in [6, 6.07) is 7.60. The Hall–Kier alpha value is -4.26. The summed E-state index contributed by atoms with van der Waals surface area (Å²) in [6.45, 7) is 6.36. The zero-order valence-corrected chi connectivity index (χ0v) is 18.3. The Morgan fingerprint density at radius 3 is 2.59 bits per heavy atom. The van der Waals surface area contributed by atoms with Crippen molar-refractivity contribution in [2.75, 3.05) is 5.32 Å². The topological polar surface area (TPSA) is 119 Å². The van der Waals surface area contributed by atoms with Crippen LogP contribution in [0.3, 0.4) is 0 Å². The zero-order valence-electron chi connectivity index (χ0n) is 18.3. The Morgan fingerprint density at radius 2 is 1.97 bits per heavy atom. The van der Waals surface area contributed by atoms with Gasteiger partial charge in [-0.1, -0.05) is 6.07 Å². The van der Waals surface area contributed by atoms with Crippen LogP contribution in [0, 0.1) is 25.2 Å². The minimum Gasteiger partial charge on any atom is -0.487 e. The Labute approximate surface area is 185 Å². The van der Waals surface area contributed by atoms with Gasteiger partial charge in [0.25, 0.3) is 0 Å². The van der Waals surface area contributed by atoms with Crippen LogP contribution in [0.1, 0.15) is 23.9 Å². The van der Waals surface area contributed by atoms with Crippen molar-refractivity contribution >= 4 is 11.6 Å². The van der Waals surface area contributed by atoms with Crippen LogP contribution >= 0.6 is 0 Å². The van der Waals surface area contributed by atoms with E-state index in [-0.39, 0.29) is 6.10 Å². The fourth-order valence-electron chi connectivity index (χ4n) is 3.34. The number of benzene rings is 1. The maximum Gasteiger partial charge on any atom is 0.227 e. The first kappa shape index (κ1) is 21.0. The van der Waals surface area contributed by atoms with Crippen molar-refractivity contribution in [2.45, 2.75) is 33.4 Å². The van der Waals surface area contributed by atoms with E-state index >= 15 is 0 Å². The molecule has 0 unspecified atom stereocenters.